The van der Waals surface area contributed by atoms with Crippen LogP contribution in [0.3, 0.4) is 0 Å². The first-order valence-corrected chi connectivity index (χ1v) is 7.65. The normalized spacial score (nSPS) is 15.6. The van der Waals surface area contributed by atoms with Gasteiger partial charge in [0.1, 0.15) is 0 Å². The molecule has 0 bridgehead atoms. The van der Waals surface area contributed by atoms with Gasteiger partial charge in [-0.25, -0.2) is 0 Å². The van der Waals surface area contributed by atoms with E-state index in [1.165, 1.54) is 5.56 Å². The topological polar surface area (TPSA) is 9.23 Å². The number of alkyl halides is 1. The zero-order valence-corrected chi connectivity index (χ0v) is 13.5. The molecule has 0 fully saturated rings. The van der Waals surface area contributed by atoms with E-state index in [0.717, 1.165) is 17.5 Å². The van der Waals surface area contributed by atoms with Gasteiger partial charge in [-0.05, 0) is 24.3 Å². The van der Waals surface area contributed by atoms with Gasteiger partial charge in [0, 0.05) is 11.0 Å². The molecule has 1 nitrogen and oxygen atoms in total. The molecule has 0 aliphatic carbocycles. The molecule has 0 saturated heterocycles. The van der Waals surface area contributed by atoms with E-state index in [-0.39, 0.29) is 5.60 Å². The predicted molar refractivity (Wildman–Crippen MR) is 82.7 cm³/mol. The van der Waals surface area contributed by atoms with Gasteiger partial charge in [0.05, 0.1) is 5.60 Å². The largest absolute Gasteiger partial charge is 0.370 e. The van der Waals surface area contributed by atoms with E-state index in [1.807, 2.05) is 6.07 Å². The average molecular weight is 346 g/mol. The zero-order chi connectivity index (χ0) is 12.9. The van der Waals surface area contributed by atoms with Crippen LogP contribution in [0.5, 0.6) is 0 Å². The van der Waals surface area contributed by atoms with Gasteiger partial charge in [-0.15, -0.1) is 0 Å². The molecule has 1 rings (SSSR count). The Bertz CT molecular complexity index is 329. The van der Waals surface area contributed by atoms with Gasteiger partial charge >= 0.3 is 0 Å². The number of hydrogen-bond acceptors (Lipinski definition) is 1. The molecular weight excluding hydrogens is 323 g/mol. The Balaban J connectivity index is 2.64. The highest BCUT2D eigenvalue weighted by Crippen LogP contribution is 2.29. The van der Waals surface area contributed by atoms with Gasteiger partial charge in [0.25, 0.3) is 0 Å². The second-order valence-electron chi connectivity index (χ2n) is 5.89. The lowest BCUT2D eigenvalue weighted by molar-refractivity contribution is -0.0259. The maximum absolute atomic E-state index is 6.13. The van der Waals surface area contributed by atoms with Gasteiger partial charge in [0.2, 0.25) is 0 Å². The van der Waals surface area contributed by atoms with E-state index in [1.54, 1.807) is 0 Å². The van der Waals surface area contributed by atoms with Gasteiger partial charge < -0.3 is 4.74 Å². The van der Waals surface area contributed by atoms with E-state index in [0.29, 0.717) is 5.41 Å². The summed E-state index contributed by atoms with van der Waals surface area (Å²) in [7, 11) is 0. The maximum Gasteiger partial charge on any atom is 0.0992 e. The molecule has 1 aromatic rings. The van der Waals surface area contributed by atoms with Crippen molar-refractivity contribution in [3.05, 3.63) is 35.9 Å². The van der Waals surface area contributed by atoms with Crippen molar-refractivity contribution in [2.75, 3.05) is 11.0 Å². The second-order valence-corrected chi connectivity index (χ2v) is 6.65. The Morgan fingerprint density at radius 1 is 1.06 bits per heavy atom. The molecule has 1 unspecified atom stereocenters. The fourth-order valence-corrected chi connectivity index (χ4v) is 2.23. The highest BCUT2D eigenvalue weighted by molar-refractivity contribution is 14.1. The molecule has 96 valence electrons. The average Bonchev–Trinajstić information content (AvgIpc) is 2.28. The minimum Gasteiger partial charge on any atom is -0.370 e. The van der Waals surface area contributed by atoms with Crippen LogP contribution in [0.15, 0.2) is 30.3 Å². The van der Waals surface area contributed by atoms with Crippen molar-refractivity contribution in [1.29, 1.82) is 0 Å². The molecule has 0 spiro atoms. The van der Waals surface area contributed by atoms with E-state index < -0.39 is 0 Å². The molecule has 0 heterocycles. The molecule has 17 heavy (non-hydrogen) atoms. The monoisotopic (exact) mass is 346 g/mol. The molecule has 2 heteroatoms. The number of hydrogen-bond donors (Lipinski definition) is 0. The molecule has 0 saturated carbocycles. The number of ether oxygens (including phenoxy) is 1. The summed E-state index contributed by atoms with van der Waals surface area (Å²) in [4.78, 5) is 0. The van der Waals surface area contributed by atoms with Crippen molar-refractivity contribution in [1.82, 2.24) is 0 Å². The summed E-state index contributed by atoms with van der Waals surface area (Å²) in [6.45, 7) is 9.75. The van der Waals surface area contributed by atoms with Gasteiger partial charge in [-0.3, -0.25) is 0 Å². The number of halogens is 1. The lowest BCUT2D eigenvalue weighted by atomic mass is 9.92. The smallest absolute Gasteiger partial charge is 0.0992 e. The molecule has 1 aromatic carbocycles. The Morgan fingerprint density at radius 3 is 2.12 bits per heavy atom. The fraction of sp³-hybridized carbons (Fsp3) is 0.600. The summed E-state index contributed by atoms with van der Waals surface area (Å²) in [6, 6.07) is 10.5. The lowest BCUT2D eigenvalue weighted by Crippen LogP contribution is -2.29. The van der Waals surface area contributed by atoms with E-state index in [2.05, 4.69) is 74.6 Å². The molecule has 0 amide bonds. The Labute approximate surface area is 119 Å². The third kappa shape index (κ3) is 4.96. The number of benzene rings is 1. The van der Waals surface area contributed by atoms with Crippen molar-refractivity contribution < 1.29 is 4.74 Å². The third-order valence-corrected chi connectivity index (χ3v) is 4.37. The predicted octanol–water partition coefficient (Wildman–Crippen LogP) is 4.79. The van der Waals surface area contributed by atoms with Crippen LogP contribution in [0.25, 0.3) is 0 Å². The highest BCUT2D eigenvalue weighted by atomic mass is 127. The molecular formula is C15H23IO. The van der Waals surface area contributed by atoms with Crippen molar-refractivity contribution >= 4 is 22.6 Å². The SMILES string of the molecule is CC(C)(C)CCOC(C)(CI)c1ccccc1. The lowest BCUT2D eigenvalue weighted by Gasteiger charge is -2.30. The van der Waals surface area contributed by atoms with Crippen molar-refractivity contribution in [3.8, 4) is 0 Å². The fourth-order valence-electron chi connectivity index (χ4n) is 1.57. The van der Waals surface area contributed by atoms with Crippen LogP contribution < -0.4 is 0 Å². The summed E-state index contributed by atoms with van der Waals surface area (Å²) in [5.41, 5.74) is 1.44. The van der Waals surface area contributed by atoms with E-state index in [4.69, 9.17) is 4.74 Å². The van der Waals surface area contributed by atoms with Crippen molar-refractivity contribution in [3.63, 3.8) is 0 Å². The molecule has 1 atom stereocenters. The first kappa shape index (κ1) is 15.0. The minimum absolute atomic E-state index is 0.160. The summed E-state index contributed by atoms with van der Waals surface area (Å²) in [5.74, 6) is 0. The standard InChI is InChI=1S/C15H23IO/c1-14(2,3)10-11-17-15(4,12-16)13-8-6-5-7-9-13/h5-9H,10-12H2,1-4H3. The van der Waals surface area contributed by atoms with E-state index >= 15 is 0 Å². The maximum atomic E-state index is 6.13. The van der Waals surface area contributed by atoms with Crippen molar-refractivity contribution in [2.45, 2.75) is 39.7 Å². The van der Waals surface area contributed by atoms with Crippen LogP contribution in [0.2, 0.25) is 0 Å². The highest BCUT2D eigenvalue weighted by Gasteiger charge is 2.26. The first-order valence-electron chi connectivity index (χ1n) is 6.13. The van der Waals surface area contributed by atoms with Gasteiger partial charge in [-0.2, -0.15) is 0 Å². The Kier molecular flexibility index (Phi) is 5.45. The van der Waals surface area contributed by atoms with Crippen LogP contribution >= 0.6 is 22.6 Å². The summed E-state index contributed by atoms with van der Waals surface area (Å²) < 4.78 is 7.10. The molecule has 0 aliphatic heterocycles. The Hall–Kier alpha value is -0.0900. The second kappa shape index (κ2) is 6.19. The van der Waals surface area contributed by atoms with Crippen LogP contribution in [0, 0.1) is 5.41 Å². The number of rotatable bonds is 5. The molecule has 0 aliphatic rings. The summed E-state index contributed by atoms with van der Waals surface area (Å²) >= 11 is 2.41. The molecule has 0 N–H and O–H groups in total. The van der Waals surface area contributed by atoms with Gasteiger partial charge in [0.15, 0.2) is 0 Å². The molecule has 0 aromatic heterocycles. The van der Waals surface area contributed by atoms with Crippen LogP contribution in [0.4, 0.5) is 0 Å². The van der Waals surface area contributed by atoms with Crippen molar-refractivity contribution in [2.24, 2.45) is 5.41 Å². The van der Waals surface area contributed by atoms with Gasteiger partial charge in [-0.1, -0.05) is 73.7 Å². The quantitative estimate of drug-likeness (QED) is 0.550. The van der Waals surface area contributed by atoms with Crippen LogP contribution in [-0.2, 0) is 10.3 Å². The van der Waals surface area contributed by atoms with E-state index in [9.17, 15) is 0 Å². The van der Waals surface area contributed by atoms with Crippen LogP contribution in [0.1, 0.15) is 39.7 Å². The minimum atomic E-state index is -0.160. The summed E-state index contributed by atoms with van der Waals surface area (Å²) in [6.07, 6.45) is 1.09. The third-order valence-electron chi connectivity index (χ3n) is 2.91. The summed E-state index contributed by atoms with van der Waals surface area (Å²) in [5, 5.41) is 0. The first-order chi connectivity index (χ1) is 7.87. The zero-order valence-electron chi connectivity index (χ0n) is 11.3. The Morgan fingerprint density at radius 2 is 1.65 bits per heavy atom. The molecule has 0 radical (unpaired) electrons. The van der Waals surface area contributed by atoms with Crippen LogP contribution in [-0.4, -0.2) is 11.0 Å².